The SMILES string of the molecule is CCOC(=O)c1ccc(N(Cc2c(Cl)cccc2Cl)C(=O)/C=C/c2cccc([N+](=O)[O-])c2)cc1. The van der Waals surface area contributed by atoms with Crippen molar-refractivity contribution in [3.63, 3.8) is 0 Å². The molecule has 1 amide bonds. The minimum Gasteiger partial charge on any atom is -0.462 e. The molecule has 0 bridgehead atoms. The maximum absolute atomic E-state index is 13.2. The van der Waals surface area contributed by atoms with Crippen LogP contribution in [0.25, 0.3) is 6.08 Å². The molecular formula is C25H20Cl2N2O5. The summed E-state index contributed by atoms with van der Waals surface area (Å²) < 4.78 is 5.00. The number of carbonyl (C=O) groups excluding carboxylic acids is 2. The van der Waals surface area contributed by atoms with Crippen molar-refractivity contribution < 1.29 is 19.2 Å². The second kappa shape index (κ2) is 11.4. The number of anilines is 1. The summed E-state index contributed by atoms with van der Waals surface area (Å²) in [6.07, 6.45) is 2.80. The van der Waals surface area contributed by atoms with Crippen LogP contribution in [0.2, 0.25) is 10.0 Å². The zero-order valence-corrected chi connectivity index (χ0v) is 19.6. The lowest BCUT2D eigenvalue weighted by atomic mass is 10.1. The highest BCUT2D eigenvalue weighted by molar-refractivity contribution is 6.36. The Bertz CT molecular complexity index is 1220. The average Bonchev–Trinajstić information content (AvgIpc) is 2.83. The third-order valence-electron chi connectivity index (χ3n) is 4.83. The Morgan fingerprint density at radius 2 is 1.68 bits per heavy atom. The molecule has 0 atom stereocenters. The highest BCUT2D eigenvalue weighted by atomic mass is 35.5. The van der Waals surface area contributed by atoms with Gasteiger partial charge in [0.05, 0.1) is 23.6 Å². The number of hydrogen-bond donors (Lipinski definition) is 0. The van der Waals surface area contributed by atoms with Crippen molar-refractivity contribution in [2.45, 2.75) is 13.5 Å². The maximum Gasteiger partial charge on any atom is 0.338 e. The molecule has 0 aliphatic heterocycles. The first-order valence-corrected chi connectivity index (χ1v) is 11.0. The minimum absolute atomic E-state index is 0.0649. The van der Waals surface area contributed by atoms with Gasteiger partial charge in [0.2, 0.25) is 0 Å². The smallest absolute Gasteiger partial charge is 0.338 e. The Hall–Kier alpha value is -3.68. The average molecular weight is 499 g/mol. The molecule has 9 heteroatoms. The number of ether oxygens (including phenoxy) is 1. The Kier molecular flexibility index (Phi) is 8.40. The second-order valence-electron chi connectivity index (χ2n) is 7.08. The summed E-state index contributed by atoms with van der Waals surface area (Å²) in [7, 11) is 0. The van der Waals surface area contributed by atoms with Gasteiger partial charge in [0, 0.05) is 39.5 Å². The zero-order valence-electron chi connectivity index (χ0n) is 18.1. The van der Waals surface area contributed by atoms with Crippen LogP contribution in [0, 0.1) is 10.1 Å². The molecular weight excluding hydrogens is 479 g/mol. The molecule has 34 heavy (non-hydrogen) atoms. The molecule has 0 fully saturated rings. The largest absolute Gasteiger partial charge is 0.462 e. The molecule has 0 N–H and O–H groups in total. The Morgan fingerprint density at radius 1 is 1.03 bits per heavy atom. The van der Waals surface area contributed by atoms with Crippen LogP contribution in [0.4, 0.5) is 11.4 Å². The number of carbonyl (C=O) groups is 2. The summed E-state index contributed by atoms with van der Waals surface area (Å²) in [6.45, 7) is 2.03. The highest BCUT2D eigenvalue weighted by Gasteiger charge is 2.18. The fraction of sp³-hybridized carbons (Fsp3) is 0.120. The van der Waals surface area contributed by atoms with E-state index in [9.17, 15) is 19.7 Å². The monoisotopic (exact) mass is 498 g/mol. The number of nitro benzene ring substituents is 1. The van der Waals surface area contributed by atoms with E-state index < -0.39 is 16.8 Å². The number of halogens is 2. The predicted octanol–water partition coefficient (Wildman–Crippen LogP) is 6.32. The van der Waals surface area contributed by atoms with Crippen LogP contribution in [0.15, 0.2) is 72.8 Å². The number of amides is 1. The van der Waals surface area contributed by atoms with Gasteiger partial charge in [-0.1, -0.05) is 41.4 Å². The lowest BCUT2D eigenvalue weighted by Crippen LogP contribution is -2.29. The van der Waals surface area contributed by atoms with Gasteiger partial charge in [-0.15, -0.1) is 0 Å². The molecule has 3 rings (SSSR count). The van der Waals surface area contributed by atoms with E-state index in [1.165, 1.54) is 35.3 Å². The number of nitro groups is 1. The van der Waals surface area contributed by atoms with Gasteiger partial charge in [0.15, 0.2) is 0 Å². The maximum atomic E-state index is 13.2. The molecule has 0 unspecified atom stereocenters. The van der Waals surface area contributed by atoms with Crippen LogP contribution in [0.5, 0.6) is 0 Å². The van der Waals surface area contributed by atoms with Crippen LogP contribution in [-0.2, 0) is 16.1 Å². The Morgan fingerprint density at radius 3 is 2.29 bits per heavy atom. The lowest BCUT2D eigenvalue weighted by molar-refractivity contribution is -0.384. The molecule has 0 saturated carbocycles. The van der Waals surface area contributed by atoms with E-state index in [2.05, 4.69) is 0 Å². The Balaban J connectivity index is 1.94. The molecule has 3 aromatic rings. The number of esters is 1. The van der Waals surface area contributed by atoms with E-state index in [1.54, 1.807) is 55.5 Å². The van der Waals surface area contributed by atoms with E-state index >= 15 is 0 Å². The van der Waals surface area contributed by atoms with Crippen molar-refractivity contribution in [3.05, 3.63) is 110 Å². The summed E-state index contributed by atoms with van der Waals surface area (Å²) in [5.41, 5.74) is 1.82. The van der Waals surface area contributed by atoms with E-state index in [0.29, 0.717) is 32.4 Å². The molecule has 0 saturated heterocycles. The Labute approximate surface area is 206 Å². The van der Waals surface area contributed by atoms with Crippen molar-refractivity contribution in [2.24, 2.45) is 0 Å². The van der Waals surface area contributed by atoms with Crippen LogP contribution in [0.1, 0.15) is 28.4 Å². The fourth-order valence-corrected chi connectivity index (χ4v) is 3.65. The predicted molar refractivity (Wildman–Crippen MR) is 132 cm³/mol. The minimum atomic E-state index is -0.504. The molecule has 0 heterocycles. The normalized spacial score (nSPS) is 10.8. The van der Waals surface area contributed by atoms with Gasteiger partial charge in [0.1, 0.15) is 0 Å². The fourth-order valence-electron chi connectivity index (χ4n) is 3.13. The summed E-state index contributed by atoms with van der Waals surface area (Å²) in [6, 6.07) is 17.4. The quantitative estimate of drug-likeness (QED) is 0.157. The van der Waals surface area contributed by atoms with Gasteiger partial charge in [-0.05, 0) is 55.0 Å². The third kappa shape index (κ3) is 6.21. The first-order valence-electron chi connectivity index (χ1n) is 10.2. The molecule has 0 radical (unpaired) electrons. The van der Waals surface area contributed by atoms with Crippen LogP contribution in [-0.4, -0.2) is 23.4 Å². The van der Waals surface area contributed by atoms with Gasteiger partial charge in [-0.2, -0.15) is 0 Å². The zero-order chi connectivity index (χ0) is 24.7. The number of benzene rings is 3. The van der Waals surface area contributed by atoms with Gasteiger partial charge in [-0.25, -0.2) is 4.79 Å². The molecule has 174 valence electrons. The van der Waals surface area contributed by atoms with Crippen molar-refractivity contribution in [1.29, 1.82) is 0 Å². The molecule has 0 aliphatic carbocycles. The number of non-ortho nitro benzene ring substituents is 1. The third-order valence-corrected chi connectivity index (χ3v) is 5.54. The van der Waals surface area contributed by atoms with Crippen LogP contribution in [0.3, 0.4) is 0 Å². The molecule has 0 aromatic heterocycles. The summed E-state index contributed by atoms with van der Waals surface area (Å²) in [5.74, 6) is -0.877. The van der Waals surface area contributed by atoms with E-state index in [4.69, 9.17) is 27.9 Å². The van der Waals surface area contributed by atoms with Crippen LogP contribution < -0.4 is 4.90 Å². The van der Waals surface area contributed by atoms with Crippen molar-refractivity contribution in [2.75, 3.05) is 11.5 Å². The first-order chi connectivity index (χ1) is 16.3. The molecule has 0 aliphatic rings. The molecule has 7 nitrogen and oxygen atoms in total. The summed E-state index contributed by atoms with van der Waals surface area (Å²) in [4.78, 5) is 37.1. The molecule has 3 aromatic carbocycles. The van der Waals surface area contributed by atoms with Crippen molar-refractivity contribution in [3.8, 4) is 0 Å². The second-order valence-corrected chi connectivity index (χ2v) is 7.89. The number of hydrogen-bond acceptors (Lipinski definition) is 5. The van der Waals surface area contributed by atoms with Crippen molar-refractivity contribution in [1.82, 2.24) is 0 Å². The topological polar surface area (TPSA) is 89.8 Å². The van der Waals surface area contributed by atoms with Gasteiger partial charge in [0.25, 0.3) is 11.6 Å². The van der Waals surface area contributed by atoms with Crippen molar-refractivity contribution >= 4 is 52.5 Å². The van der Waals surface area contributed by atoms with Gasteiger partial charge < -0.3 is 9.64 Å². The highest BCUT2D eigenvalue weighted by Crippen LogP contribution is 2.28. The first kappa shape index (κ1) is 25.0. The summed E-state index contributed by atoms with van der Waals surface area (Å²) >= 11 is 12.6. The standard InChI is InChI=1S/C25H20Cl2N2O5/c1-2-34-25(31)18-10-12-19(13-11-18)28(16-21-22(26)7-4-8-23(21)27)24(30)14-9-17-5-3-6-20(15-17)29(32)33/h3-15H,2,16H2,1H3/b14-9+. The van der Waals surface area contributed by atoms with E-state index in [1.807, 2.05) is 0 Å². The van der Waals surface area contributed by atoms with Crippen LogP contribution >= 0.6 is 23.2 Å². The number of rotatable bonds is 8. The van der Waals surface area contributed by atoms with E-state index in [-0.39, 0.29) is 18.8 Å². The number of nitrogens with zero attached hydrogens (tertiary/aromatic N) is 2. The van der Waals surface area contributed by atoms with E-state index in [0.717, 1.165) is 0 Å². The van der Waals surface area contributed by atoms with Gasteiger partial charge in [-0.3, -0.25) is 14.9 Å². The lowest BCUT2D eigenvalue weighted by Gasteiger charge is -2.23. The van der Waals surface area contributed by atoms with Gasteiger partial charge >= 0.3 is 5.97 Å². The molecule has 0 spiro atoms. The summed E-state index contributed by atoms with van der Waals surface area (Å²) in [5, 5.41) is 11.8.